The normalized spacial score (nSPS) is 14.1. The van der Waals surface area contributed by atoms with Gasteiger partial charge in [-0.15, -0.1) is 0 Å². The number of hydrogen-bond acceptors (Lipinski definition) is 5. The number of hydrogen-bond donors (Lipinski definition) is 1. The van der Waals surface area contributed by atoms with Gasteiger partial charge in [0.05, 0.1) is 17.7 Å². The zero-order valence-corrected chi connectivity index (χ0v) is 20.9. The lowest BCUT2D eigenvalue weighted by Crippen LogP contribution is -2.39. The highest BCUT2D eigenvalue weighted by molar-refractivity contribution is 6.32. The Labute approximate surface area is 216 Å². The van der Waals surface area contributed by atoms with Gasteiger partial charge in [0.15, 0.2) is 0 Å². The first kappa shape index (κ1) is 25.9. The Balaban J connectivity index is 1.42. The van der Waals surface area contributed by atoms with E-state index < -0.39 is 11.6 Å². The Hall–Kier alpha value is -3.17. The molecular formula is C25H23Cl2F2N5O2. The molecule has 2 amide bonds. The van der Waals surface area contributed by atoms with Crippen molar-refractivity contribution < 1.29 is 18.4 Å². The smallest absolute Gasteiger partial charge is 0.254 e. The minimum atomic E-state index is -0.735. The van der Waals surface area contributed by atoms with E-state index in [9.17, 15) is 18.4 Å². The molecule has 3 heterocycles. The lowest BCUT2D eigenvalue weighted by molar-refractivity contribution is -0.131. The van der Waals surface area contributed by atoms with Crippen molar-refractivity contribution in [1.82, 2.24) is 25.2 Å². The Morgan fingerprint density at radius 1 is 1.08 bits per heavy atom. The number of halogens is 4. The first-order chi connectivity index (χ1) is 17.2. The van der Waals surface area contributed by atoms with Crippen LogP contribution in [0, 0.1) is 18.6 Å². The summed E-state index contributed by atoms with van der Waals surface area (Å²) in [6.45, 7) is 2.71. The van der Waals surface area contributed by atoms with Gasteiger partial charge in [-0.3, -0.25) is 9.59 Å². The number of nitrogens with one attached hydrogen (secondary N) is 1. The molecule has 1 aliphatic heterocycles. The zero-order valence-electron chi connectivity index (χ0n) is 19.4. The molecule has 0 bridgehead atoms. The molecule has 1 aliphatic rings. The van der Waals surface area contributed by atoms with Crippen LogP contribution in [0.2, 0.25) is 10.3 Å². The quantitative estimate of drug-likeness (QED) is 0.466. The summed E-state index contributed by atoms with van der Waals surface area (Å²) in [4.78, 5) is 39.9. The van der Waals surface area contributed by atoms with Gasteiger partial charge >= 0.3 is 0 Å². The highest BCUT2D eigenvalue weighted by Gasteiger charge is 2.29. The van der Waals surface area contributed by atoms with Gasteiger partial charge in [-0.25, -0.2) is 23.7 Å². The number of likely N-dealkylation sites (tertiary alicyclic amines) is 1. The van der Waals surface area contributed by atoms with E-state index in [1.165, 1.54) is 12.3 Å². The molecular weight excluding hydrogens is 511 g/mol. The van der Waals surface area contributed by atoms with Crippen LogP contribution in [0.3, 0.4) is 0 Å². The molecule has 1 fully saturated rings. The Kier molecular flexibility index (Phi) is 8.11. The fourth-order valence-corrected chi connectivity index (χ4v) is 4.74. The molecule has 3 aromatic rings. The second-order valence-corrected chi connectivity index (χ2v) is 9.33. The van der Waals surface area contributed by atoms with Crippen LogP contribution in [-0.4, -0.2) is 44.8 Å². The Bertz CT molecular complexity index is 1260. The molecule has 36 heavy (non-hydrogen) atoms. The van der Waals surface area contributed by atoms with E-state index in [1.54, 1.807) is 24.0 Å². The van der Waals surface area contributed by atoms with Crippen molar-refractivity contribution in [3.8, 4) is 0 Å². The second-order valence-electron chi connectivity index (χ2n) is 8.55. The van der Waals surface area contributed by atoms with Crippen LogP contribution in [-0.2, 0) is 17.8 Å². The van der Waals surface area contributed by atoms with Gasteiger partial charge in [0.2, 0.25) is 5.91 Å². The largest absolute Gasteiger partial charge is 0.348 e. The van der Waals surface area contributed by atoms with Crippen LogP contribution in [0.15, 0.2) is 36.5 Å². The maximum atomic E-state index is 14.0. The molecule has 1 N–H and O–H groups in total. The fraction of sp³-hybridized carbons (Fsp3) is 0.320. The van der Waals surface area contributed by atoms with Crippen LogP contribution in [0.5, 0.6) is 0 Å². The van der Waals surface area contributed by atoms with E-state index in [1.807, 2.05) is 0 Å². The van der Waals surface area contributed by atoms with Crippen molar-refractivity contribution in [3.63, 3.8) is 0 Å². The van der Waals surface area contributed by atoms with E-state index in [0.29, 0.717) is 48.6 Å². The van der Waals surface area contributed by atoms with Gasteiger partial charge in [0.1, 0.15) is 27.8 Å². The minimum absolute atomic E-state index is 0.0773. The number of aromatic nitrogens is 3. The predicted molar refractivity (Wildman–Crippen MR) is 131 cm³/mol. The van der Waals surface area contributed by atoms with Crippen molar-refractivity contribution in [2.45, 2.75) is 38.6 Å². The molecule has 0 spiro atoms. The maximum Gasteiger partial charge on any atom is 0.254 e. The van der Waals surface area contributed by atoms with Gasteiger partial charge in [-0.05, 0) is 49.6 Å². The average Bonchev–Trinajstić information content (AvgIpc) is 2.84. The average molecular weight is 534 g/mol. The van der Waals surface area contributed by atoms with E-state index in [2.05, 4.69) is 20.3 Å². The lowest BCUT2D eigenvalue weighted by Gasteiger charge is -2.32. The monoisotopic (exact) mass is 533 g/mol. The van der Waals surface area contributed by atoms with Crippen molar-refractivity contribution in [2.75, 3.05) is 13.1 Å². The molecule has 0 unspecified atom stereocenters. The lowest BCUT2D eigenvalue weighted by atomic mass is 9.90. The number of carbonyl (C=O) groups excluding carboxylic acids is 2. The first-order valence-electron chi connectivity index (χ1n) is 11.4. The molecule has 4 rings (SSSR count). The third kappa shape index (κ3) is 6.14. The first-order valence-corrected chi connectivity index (χ1v) is 12.1. The van der Waals surface area contributed by atoms with Gasteiger partial charge in [-0.2, -0.15) is 0 Å². The number of aryl methyl sites for hydroxylation is 1. The van der Waals surface area contributed by atoms with Crippen molar-refractivity contribution in [3.05, 3.63) is 86.7 Å². The number of carbonyl (C=O) groups is 2. The van der Waals surface area contributed by atoms with E-state index >= 15 is 0 Å². The predicted octanol–water partition coefficient (Wildman–Crippen LogP) is 4.64. The molecule has 0 radical (unpaired) electrons. The maximum absolute atomic E-state index is 14.0. The summed E-state index contributed by atoms with van der Waals surface area (Å²) in [6, 6.07) is 6.77. The van der Waals surface area contributed by atoms with Crippen molar-refractivity contribution in [1.29, 1.82) is 0 Å². The highest BCUT2D eigenvalue weighted by atomic mass is 35.5. The summed E-state index contributed by atoms with van der Waals surface area (Å²) in [6.07, 6.45) is 2.26. The van der Waals surface area contributed by atoms with E-state index in [4.69, 9.17) is 23.2 Å². The van der Waals surface area contributed by atoms with Crippen LogP contribution in [0.4, 0.5) is 8.78 Å². The summed E-state index contributed by atoms with van der Waals surface area (Å²) < 4.78 is 27.9. The van der Waals surface area contributed by atoms with Crippen LogP contribution in [0.25, 0.3) is 0 Å². The summed E-state index contributed by atoms with van der Waals surface area (Å²) in [5, 5.41) is 3.29. The van der Waals surface area contributed by atoms with Gasteiger partial charge in [-0.1, -0.05) is 29.3 Å². The molecule has 0 saturated carbocycles. The molecule has 11 heteroatoms. The fourth-order valence-electron chi connectivity index (χ4n) is 4.23. The summed E-state index contributed by atoms with van der Waals surface area (Å²) in [5.74, 6) is -1.70. The highest BCUT2D eigenvalue weighted by Crippen LogP contribution is 2.30. The second kappa shape index (κ2) is 11.3. The zero-order chi connectivity index (χ0) is 25.8. The summed E-state index contributed by atoms with van der Waals surface area (Å²) in [5.41, 5.74) is 1.43. The SMILES string of the molecule is Cc1ncc(C(=O)NCc2cc(Cl)nc(Cl)c2)c(C2CCN(C(=O)Cc3c(F)cccc3F)CC2)n1. The number of benzene rings is 1. The topological polar surface area (TPSA) is 88.1 Å². The van der Waals surface area contributed by atoms with Crippen molar-refractivity contribution >= 4 is 35.0 Å². The Morgan fingerprint density at radius 2 is 1.72 bits per heavy atom. The van der Waals surface area contributed by atoms with Crippen LogP contribution in [0.1, 0.15) is 51.8 Å². The number of nitrogens with zero attached hydrogens (tertiary/aromatic N) is 4. The van der Waals surface area contributed by atoms with Gasteiger partial charge in [0, 0.05) is 37.3 Å². The van der Waals surface area contributed by atoms with Crippen LogP contribution >= 0.6 is 23.2 Å². The minimum Gasteiger partial charge on any atom is -0.348 e. The number of pyridine rings is 1. The molecule has 0 atom stereocenters. The number of rotatable bonds is 6. The molecule has 0 aliphatic carbocycles. The summed E-state index contributed by atoms with van der Waals surface area (Å²) in [7, 11) is 0. The van der Waals surface area contributed by atoms with Crippen molar-refractivity contribution in [2.24, 2.45) is 0 Å². The standard InChI is InChI=1S/C25H23Cl2F2N5O2/c1-14-30-13-18(25(36)31-12-15-9-21(26)33-22(27)10-15)24(32-14)16-5-7-34(8-6-16)23(35)11-17-19(28)3-2-4-20(17)29/h2-4,9-10,13,16H,5-8,11-12H2,1H3,(H,31,36). The molecule has 2 aromatic heterocycles. The van der Waals surface area contributed by atoms with Gasteiger partial charge < -0.3 is 10.2 Å². The number of piperidine rings is 1. The number of amides is 2. The van der Waals surface area contributed by atoms with E-state index in [0.717, 1.165) is 12.1 Å². The molecule has 188 valence electrons. The van der Waals surface area contributed by atoms with Crippen LogP contribution < -0.4 is 5.32 Å². The molecule has 1 aromatic carbocycles. The molecule has 1 saturated heterocycles. The van der Waals surface area contributed by atoms with Gasteiger partial charge in [0.25, 0.3) is 5.91 Å². The summed E-state index contributed by atoms with van der Waals surface area (Å²) >= 11 is 11.9. The third-order valence-electron chi connectivity index (χ3n) is 6.08. The Morgan fingerprint density at radius 3 is 2.36 bits per heavy atom. The molecule has 7 nitrogen and oxygen atoms in total. The third-order valence-corrected chi connectivity index (χ3v) is 6.47. The van der Waals surface area contributed by atoms with E-state index in [-0.39, 0.29) is 46.6 Å².